The second-order valence-electron chi connectivity index (χ2n) is 4.13. The van der Waals surface area contributed by atoms with Crippen LogP contribution in [0.25, 0.3) is 0 Å². The van der Waals surface area contributed by atoms with Gasteiger partial charge in [0.25, 0.3) is 0 Å². The van der Waals surface area contributed by atoms with Crippen molar-refractivity contribution in [1.29, 1.82) is 0 Å². The van der Waals surface area contributed by atoms with E-state index in [0.717, 1.165) is 25.5 Å². The zero-order chi connectivity index (χ0) is 10.8. The Morgan fingerprint density at radius 2 is 1.93 bits per heavy atom. The van der Waals surface area contributed by atoms with Crippen molar-refractivity contribution >= 4 is 11.8 Å². The van der Waals surface area contributed by atoms with Gasteiger partial charge in [0.05, 0.1) is 0 Å². The first-order valence-electron chi connectivity index (χ1n) is 5.47. The summed E-state index contributed by atoms with van der Waals surface area (Å²) in [7, 11) is 1.75. The number of hydrogen-bond donors (Lipinski definition) is 1. The van der Waals surface area contributed by atoms with Crippen LogP contribution < -0.4 is 5.32 Å². The van der Waals surface area contributed by atoms with Gasteiger partial charge in [-0.25, -0.2) is 0 Å². The third kappa shape index (κ3) is 10.4. The molecule has 0 spiro atoms. The van der Waals surface area contributed by atoms with Crippen LogP contribution in [0.4, 0.5) is 0 Å². The highest BCUT2D eigenvalue weighted by Crippen LogP contribution is 2.08. The van der Waals surface area contributed by atoms with Crippen LogP contribution in [0.2, 0.25) is 0 Å². The van der Waals surface area contributed by atoms with Gasteiger partial charge in [0.15, 0.2) is 0 Å². The van der Waals surface area contributed by atoms with Crippen molar-refractivity contribution in [3.8, 4) is 0 Å². The summed E-state index contributed by atoms with van der Waals surface area (Å²) in [5.41, 5.74) is 0. The summed E-state index contributed by atoms with van der Waals surface area (Å²) in [6.07, 6.45) is 1.11. The SMILES string of the molecule is COCCCNC(C)CSCC(C)C. The van der Waals surface area contributed by atoms with Gasteiger partial charge in [0.1, 0.15) is 0 Å². The molecule has 0 saturated carbocycles. The second kappa shape index (κ2) is 9.81. The Balaban J connectivity index is 3.15. The molecule has 0 heterocycles. The number of ether oxygens (including phenoxy) is 1. The van der Waals surface area contributed by atoms with Gasteiger partial charge in [-0.2, -0.15) is 11.8 Å². The molecular formula is C11H25NOS. The number of nitrogens with one attached hydrogen (secondary N) is 1. The van der Waals surface area contributed by atoms with E-state index in [-0.39, 0.29) is 0 Å². The Kier molecular flexibility index (Phi) is 10.0. The molecule has 0 aromatic rings. The van der Waals surface area contributed by atoms with E-state index >= 15 is 0 Å². The number of methoxy groups -OCH3 is 1. The monoisotopic (exact) mass is 219 g/mol. The maximum absolute atomic E-state index is 4.99. The highest BCUT2D eigenvalue weighted by atomic mass is 32.2. The number of hydrogen-bond acceptors (Lipinski definition) is 3. The van der Waals surface area contributed by atoms with Gasteiger partial charge in [-0.15, -0.1) is 0 Å². The van der Waals surface area contributed by atoms with Gasteiger partial charge >= 0.3 is 0 Å². The summed E-state index contributed by atoms with van der Waals surface area (Å²) in [4.78, 5) is 0. The average molecular weight is 219 g/mol. The highest BCUT2D eigenvalue weighted by molar-refractivity contribution is 7.99. The fourth-order valence-electron chi connectivity index (χ4n) is 1.10. The van der Waals surface area contributed by atoms with Gasteiger partial charge in [0.2, 0.25) is 0 Å². The van der Waals surface area contributed by atoms with Gasteiger partial charge in [-0.1, -0.05) is 13.8 Å². The zero-order valence-electron chi connectivity index (χ0n) is 10.0. The molecule has 0 aromatic heterocycles. The first-order valence-corrected chi connectivity index (χ1v) is 6.62. The Bertz CT molecular complexity index is 120. The lowest BCUT2D eigenvalue weighted by atomic mass is 10.3. The van der Waals surface area contributed by atoms with Crippen LogP contribution >= 0.6 is 11.8 Å². The Hall–Kier alpha value is 0.270. The maximum atomic E-state index is 4.99. The summed E-state index contributed by atoms with van der Waals surface area (Å²) in [6.45, 7) is 8.71. The van der Waals surface area contributed by atoms with Crippen LogP contribution in [0.1, 0.15) is 27.2 Å². The standard InChI is InChI=1S/C11H25NOS/c1-10(2)8-14-9-11(3)12-6-5-7-13-4/h10-12H,5-9H2,1-4H3. The molecule has 0 aliphatic heterocycles. The van der Waals surface area contributed by atoms with Crippen LogP contribution in [0.3, 0.4) is 0 Å². The first kappa shape index (κ1) is 14.3. The van der Waals surface area contributed by atoms with Crippen LogP contribution in [0.15, 0.2) is 0 Å². The lowest BCUT2D eigenvalue weighted by Crippen LogP contribution is -2.29. The molecule has 3 heteroatoms. The van der Waals surface area contributed by atoms with E-state index < -0.39 is 0 Å². The molecule has 0 aliphatic rings. The molecule has 0 aromatic carbocycles. The van der Waals surface area contributed by atoms with Gasteiger partial charge in [-0.3, -0.25) is 0 Å². The van der Waals surface area contributed by atoms with E-state index in [1.807, 2.05) is 11.8 Å². The normalized spacial score (nSPS) is 13.5. The molecule has 0 rings (SSSR count). The van der Waals surface area contributed by atoms with Crippen molar-refractivity contribution in [2.75, 3.05) is 31.8 Å². The molecular weight excluding hydrogens is 194 g/mol. The summed E-state index contributed by atoms with van der Waals surface area (Å²) < 4.78 is 4.99. The third-order valence-electron chi connectivity index (χ3n) is 1.84. The Labute approximate surface area is 93.2 Å². The predicted molar refractivity (Wildman–Crippen MR) is 66.1 cm³/mol. The van der Waals surface area contributed by atoms with Crippen molar-refractivity contribution in [3.05, 3.63) is 0 Å². The lowest BCUT2D eigenvalue weighted by Gasteiger charge is -2.13. The largest absolute Gasteiger partial charge is 0.385 e. The van der Waals surface area contributed by atoms with Crippen LogP contribution in [-0.2, 0) is 4.74 Å². The van der Waals surface area contributed by atoms with E-state index in [1.165, 1.54) is 11.5 Å². The molecule has 14 heavy (non-hydrogen) atoms. The average Bonchev–Trinajstić information content (AvgIpc) is 2.12. The minimum Gasteiger partial charge on any atom is -0.385 e. The van der Waals surface area contributed by atoms with E-state index in [4.69, 9.17) is 4.74 Å². The third-order valence-corrected chi connectivity index (χ3v) is 3.48. The van der Waals surface area contributed by atoms with Crippen molar-refractivity contribution in [3.63, 3.8) is 0 Å². The number of rotatable bonds is 9. The predicted octanol–water partition coefficient (Wildman–Crippen LogP) is 2.39. The summed E-state index contributed by atoms with van der Waals surface area (Å²) in [5.74, 6) is 3.29. The molecule has 0 saturated heterocycles. The smallest absolute Gasteiger partial charge is 0.0474 e. The minimum absolute atomic E-state index is 0.621. The van der Waals surface area contributed by atoms with Crippen LogP contribution in [0, 0.1) is 5.92 Å². The summed E-state index contributed by atoms with van der Waals surface area (Å²) in [6, 6.07) is 0.621. The van der Waals surface area contributed by atoms with Crippen LogP contribution in [0.5, 0.6) is 0 Å². The van der Waals surface area contributed by atoms with Crippen molar-refractivity contribution in [2.45, 2.75) is 33.2 Å². The van der Waals surface area contributed by atoms with Crippen molar-refractivity contribution in [1.82, 2.24) is 5.32 Å². The quantitative estimate of drug-likeness (QED) is 0.602. The Morgan fingerprint density at radius 3 is 2.50 bits per heavy atom. The van der Waals surface area contributed by atoms with E-state index in [2.05, 4.69) is 26.1 Å². The topological polar surface area (TPSA) is 21.3 Å². The zero-order valence-corrected chi connectivity index (χ0v) is 10.8. The molecule has 2 nitrogen and oxygen atoms in total. The molecule has 0 aliphatic carbocycles. The first-order chi connectivity index (χ1) is 6.66. The van der Waals surface area contributed by atoms with E-state index in [0.29, 0.717) is 6.04 Å². The summed E-state index contributed by atoms with van der Waals surface area (Å²) >= 11 is 2.04. The molecule has 0 bridgehead atoms. The fraction of sp³-hybridized carbons (Fsp3) is 1.00. The van der Waals surface area contributed by atoms with Gasteiger partial charge < -0.3 is 10.1 Å². The molecule has 86 valence electrons. The molecule has 1 unspecified atom stereocenters. The lowest BCUT2D eigenvalue weighted by molar-refractivity contribution is 0.193. The Morgan fingerprint density at radius 1 is 1.21 bits per heavy atom. The van der Waals surface area contributed by atoms with Crippen LogP contribution in [-0.4, -0.2) is 37.8 Å². The van der Waals surface area contributed by atoms with E-state index in [1.54, 1.807) is 7.11 Å². The number of thioether (sulfide) groups is 1. The fourth-order valence-corrected chi connectivity index (χ4v) is 2.18. The summed E-state index contributed by atoms with van der Waals surface area (Å²) in [5, 5.41) is 3.49. The molecule has 0 amide bonds. The minimum atomic E-state index is 0.621. The van der Waals surface area contributed by atoms with E-state index in [9.17, 15) is 0 Å². The molecule has 0 radical (unpaired) electrons. The van der Waals surface area contributed by atoms with Gasteiger partial charge in [0, 0.05) is 25.5 Å². The molecule has 1 N–H and O–H groups in total. The van der Waals surface area contributed by atoms with Crippen molar-refractivity contribution < 1.29 is 4.74 Å². The molecule has 0 fully saturated rings. The second-order valence-corrected chi connectivity index (χ2v) is 5.21. The highest BCUT2D eigenvalue weighted by Gasteiger charge is 2.01. The molecule has 1 atom stereocenters. The van der Waals surface area contributed by atoms with Gasteiger partial charge in [-0.05, 0) is 31.6 Å². The maximum Gasteiger partial charge on any atom is 0.0474 e. The van der Waals surface area contributed by atoms with Crippen molar-refractivity contribution in [2.24, 2.45) is 5.92 Å².